The molecule has 0 radical (unpaired) electrons. The number of aromatic nitrogens is 2. The Bertz CT molecular complexity index is 1020. The smallest absolute Gasteiger partial charge is 0.228 e. The molecule has 2 aliphatic rings. The zero-order chi connectivity index (χ0) is 16.6. The molecule has 0 bridgehead atoms. The van der Waals surface area contributed by atoms with Crippen LogP contribution in [-0.2, 0) is 0 Å². The lowest BCUT2D eigenvalue weighted by Crippen LogP contribution is -2.14. The normalized spacial score (nSPS) is 20.6. The Morgan fingerprint density at radius 3 is 3.16 bits per heavy atom. The number of thioether (sulfide) groups is 1. The molecule has 1 unspecified atom stereocenters. The molecule has 0 spiro atoms. The van der Waals surface area contributed by atoms with Crippen LogP contribution in [0.25, 0.3) is 22.7 Å². The molecule has 122 valence electrons. The van der Waals surface area contributed by atoms with Crippen molar-refractivity contribution in [3.63, 3.8) is 0 Å². The van der Waals surface area contributed by atoms with Gasteiger partial charge in [0.2, 0.25) is 5.89 Å². The molecule has 0 amide bonds. The van der Waals surface area contributed by atoms with Gasteiger partial charge < -0.3 is 9.73 Å². The van der Waals surface area contributed by atoms with Gasteiger partial charge in [0.25, 0.3) is 0 Å². The lowest BCUT2D eigenvalue weighted by atomic mass is 10.1. The summed E-state index contributed by atoms with van der Waals surface area (Å²) in [6, 6.07) is 11.6. The fraction of sp³-hybridized carbons (Fsp3) is 0.105. The highest BCUT2D eigenvalue weighted by Gasteiger charge is 2.26. The second-order valence-electron chi connectivity index (χ2n) is 5.83. The van der Waals surface area contributed by atoms with E-state index in [9.17, 15) is 0 Å². The van der Waals surface area contributed by atoms with E-state index in [1.165, 1.54) is 5.70 Å². The third kappa shape index (κ3) is 2.74. The van der Waals surface area contributed by atoms with Gasteiger partial charge in [-0.2, -0.15) is 4.98 Å². The second-order valence-corrected chi connectivity index (χ2v) is 7.02. The number of amidine groups is 1. The molecule has 1 atom stereocenters. The van der Waals surface area contributed by atoms with Crippen LogP contribution < -0.4 is 5.32 Å². The summed E-state index contributed by atoms with van der Waals surface area (Å²) in [7, 11) is 0. The van der Waals surface area contributed by atoms with Crippen LogP contribution in [0.4, 0.5) is 5.69 Å². The molecular weight excluding hydrogens is 332 g/mol. The summed E-state index contributed by atoms with van der Waals surface area (Å²) < 4.78 is 5.80. The summed E-state index contributed by atoms with van der Waals surface area (Å²) in [5.74, 6) is 0.559. The van der Waals surface area contributed by atoms with Gasteiger partial charge in [0.05, 0.1) is 10.9 Å². The van der Waals surface area contributed by atoms with Crippen LogP contribution in [0, 0.1) is 0 Å². The van der Waals surface area contributed by atoms with E-state index in [1.807, 2.05) is 36.4 Å². The molecule has 25 heavy (non-hydrogen) atoms. The van der Waals surface area contributed by atoms with Gasteiger partial charge in [-0.25, -0.2) is 9.98 Å². The van der Waals surface area contributed by atoms with E-state index < -0.39 is 0 Å². The topological polar surface area (TPSA) is 63.3 Å². The zero-order valence-corrected chi connectivity index (χ0v) is 14.0. The number of fused-ring (bicyclic) bond motifs is 2. The monoisotopic (exact) mass is 346 g/mol. The van der Waals surface area contributed by atoms with Crippen molar-refractivity contribution in [1.29, 1.82) is 0 Å². The highest BCUT2D eigenvalue weighted by atomic mass is 32.2. The first kappa shape index (κ1) is 14.5. The lowest BCUT2D eigenvalue weighted by molar-refractivity contribution is 0.619. The van der Waals surface area contributed by atoms with Crippen molar-refractivity contribution in [2.75, 3.05) is 0 Å². The minimum absolute atomic E-state index is 0.454. The molecule has 5 nitrogen and oxygen atoms in total. The van der Waals surface area contributed by atoms with Crippen LogP contribution in [0.1, 0.15) is 6.42 Å². The number of nitrogens with one attached hydrogen (secondary N) is 1. The maximum atomic E-state index is 5.80. The number of rotatable bonds is 2. The Morgan fingerprint density at radius 1 is 1.24 bits per heavy atom. The van der Waals surface area contributed by atoms with Gasteiger partial charge in [0.15, 0.2) is 16.4 Å². The minimum Gasteiger partial charge on any atom is -0.434 e. The van der Waals surface area contributed by atoms with Crippen molar-refractivity contribution in [1.82, 2.24) is 15.3 Å². The van der Waals surface area contributed by atoms with E-state index in [0.717, 1.165) is 22.8 Å². The summed E-state index contributed by atoms with van der Waals surface area (Å²) in [6.07, 6.45) is 9.14. The predicted molar refractivity (Wildman–Crippen MR) is 101 cm³/mol. The molecule has 1 fully saturated rings. The first-order valence-corrected chi connectivity index (χ1v) is 8.94. The van der Waals surface area contributed by atoms with Crippen molar-refractivity contribution in [3.8, 4) is 11.5 Å². The molecule has 5 rings (SSSR count). The van der Waals surface area contributed by atoms with E-state index in [1.54, 1.807) is 18.0 Å². The Hall–Kier alpha value is -2.86. The second kappa shape index (κ2) is 5.89. The van der Waals surface area contributed by atoms with Gasteiger partial charge in [-0.15, -0.1) is 0 Å². The van der Waals surface area contributed by atoms with E-state index >= 15 is 0 Å². The van der Waals surface area contributed by atoms with Gasteiger partial charge in [-0.3, -0.25) is 0 Å². The van der Waals surface area contributed by atoms with E-state index in [2.05, 4.69) is 33.5 Å². The molecule has 6 heteroatoms. The van der Waals surface area contributed by atoms with Crippen LogP contribution in [0.3, 0.4) is 0 Å². The summed E-state index contributed by atoms with van der Waals surface area (Å²) >= 11 is 1.77. The minimum atomic E-state index is 0.454. The maximum Gasteiger partial charge on any atom is 0.228 e. The summed E-state index contributed by atoms with van der Waals surface area (Å²) in [5, 5.41) is 4.78. The number of aliphatic imine (C=N–C) groups is 1. The molecule has 2 aromatic heterocycles. The van der Waals surface area contributed by atoms with Crippen LogP contribution in [0.2, 0.25) is 0 Å². The first-order chi connectivity index (χ1) is 12.3. The molecule has 3 heterocycles. The number of hydrogen-bond acceptors (Lipinski definition) is 5. The molecule has 1 N–H and O–H groups in total. The van der Waals surface area contributed by atoms with Gasteiger partial charge >= 0.3 is 0 Å². The number of allylic oxidation sites excluding steroid dienone is 3. The summed E-state index contributed by atoms with van der Waals surface area (Å²) in [5.41, 5.74) is 4.29. The van der Waals surface area contributed by atoms with E-state index in [0.29, 0.717) is 22.4 Å². The zero-order valence-electron chi connectivity index (χ0n) is 13.2. The number of nitrogens with zero attached hydrogens (tertiary/aromatic N) is 3. The summed E-state index contributed by atoms with van der Waals surface area (Å²) in [6.45, 7) is 0. The van der Waals surface area contributed by atoms with Crippen molar-refractivity contribution >= 4 is 33.8 Å². The van der Waals surface area contributed by atoms with E-state index in [4.69, 9.17) is 9.41 Å². The van der Waals surface area contributed by atoms with Crippen LogP contribution in [0.15, 0.2) is 75.9 Å². The highest BCUT2D eigenvalue weighted by Crippen LogP contribution is 2.33. The molecule has 1 saturated heterocycles. The predicted octanol–water partition coefficient (Wildman–Crippen LogP) is 4.43. The maximum absolute atomic E-state index is 5.80. The first-order valence-electron chi connectivity index (χ1n) is 8.06. The van der Waals surface area contributed by atoms with E-state index in [-0.39, 0.29) is 0 Å². The number of pyridine rings is 1. The van der Waals surface area contributed by atoms with Crippen LogP contribution >= 0.6 is 11.8 Å². The molecule has 1 aromatic carbocycles. The van der Waals surface area contributed by atoms with Gasteiger partial charge in [-0.1, -0.05) is 30.0 Å². The van der Waals surface area contributed by atoms with Crippen molar-refractivity contribution < 1.29 is 4.42 Å². The fourth-order valence-electron chi connectivity index (χ4n) is 2.90. The Balaban J connectivity index is 1.46. The Morgan fingerprint density at radius 2 is 2.24 bits per heavy atom. The SMILES string of the molecule is C1=CCC2SC(=Nc3cccc(-c4nc5ncccc5o4)c3)NC2=C1. The average Bonchev–Trinajstić information content (AvgIpc) is 3.25. The van der Waals surface area contributed by atoms with Crippen LogP contribution in [0.5, 0.6) is 0 Å². The van der Waals surface area contributed by atoms with Gasteiger partial charge in [-0.05, 0) is 42.8 Å². The third-order valence-corrected chi connectivity index (χ3v) is 5.25. The van der Waals surface area contributed by atoms with Gasteiger partial charge in [0.1, 0.15) is 0 Å². The quantitative estimate of drug-likeness (QED) is 0.744. The molecular formula is C19H14N4OS. The van der Waals surface area contributed by atoms with Crippen molar-refractivity contribution in [3.05, 3.63) is 66.5 Å². The molecule has 1 aliphatic heterocycles. The average molecular weight is 346 g/mol. The lowest BCUT2D eigenvalue weighted by Gasteiger charge is -2.08. The molecule has 3 aromatic rings. The Kier molecular flexibility index (Phi) is 3.41. The molecule has 1 aliphatic carbocycles. The van der Waals surface area contributed by atoms with Crippen LogP contribution in [-0.4, -0.2) is 20.4 Å². The van der Waals surface area contributed by atoms with Crippen molar-refractivity contribution in [2.45, 2.75) is 11.7 Å². The number of hydrogen-bond donors (Lipinski definition) is 1. The van der Waals surface area contributed by atoms with Gasteiger partial charge in [0, 0.05) is 17.5 Å². The largest absolute Gasteiger partial charge is 0.434 e. The number of benzene rings is 1. The third-order valence-electron chi connectivity index (χ3n) is 4.10. The van der Waals surface area contributed by atoms with Crippen molar-refractivity contribution in [2.24, 2.45) is 4.99 Å². The summed E-state index contributed by atoms with van der Waals surface area (Å²) in [4.78, 5) is 13.4. The standard InChI is InChI=1S/C19H14N4OS/c1-2-9-16-14(7-1)22-19(25-16)21-13-6-3-5-12(11-13)18-23-17-15(24-18)8-4-10-20-17/h1-8,10-11,16H,9H2,(H,21,22). The number of oxazole rings is 1. The highest BCUT2D eigenvalue weighted by molar-refractivity contribution is 8.15. The fourth-order valence-corrected chi connectivity index (χ4v) is 3.98. The Labute approximate surface area is 148 Å². The molecule has 0 saturated carbocycles.